The van der Waals surface area contributed by atoms with Gasteiger partial charge in [-0.3, -0.25) is 0 Å². The molecule has 9 heteroatoms. The van der Waals surface area contributed by atoms with E-state index in [1.54, 1.807) is 6.92 Å². The molecule has 0 amide bonds. The van der Waals surface area contributed by atoms with Gasteiger partial charge >= 0.3 is 0 Å². The minimum absolute atomic E-state index is 0.0513. The molecule has 0 aliphatic carbocycles. The summed E-state index contributed by atoms with van der Waals surface area (Å²) < 4.78 is 26.5. The van der Waals surface area contributed by atoms with Crippen LogP contribution in [-0.4, -0.2) is 40.8 Å². The lowest BCUT2D eigenvalue weighted by molar-refractivity contribution is 0.453. The topological polar surface area (TPSA) is 91.9 Å². The summed E-state index contributed by atoms with van der Waals surface area (Å²) in [6.45, 7) is 1.68. The van der Waals surface area contributed by atoms with Gasteiger partial charge in [0.2, 0.25) is 5.03 Å². The van der Waals surface area contributed by atoms with Crippen LogP contribution in [0, 0.1) is 11.3 Å². The second-order valence-corrected chi connectivity index (χ2v) is 5.50. The molecule has 1 aromatic heterocycles. The van der Waals surface area contributed by atoms with Crippen molar-refractivity contribution in [3.05, 3.63) is 4.60 Å². The molecule has 0 atom stereocenters. The smallest absolute Gasteiger partial charge is 0.235 e. The summed E-state index contributed by atoms with van der Waals surface area (Å²) in [6.07, 6.45) is 0. The highest BCUT2D eigenvalue weighted by molar-refractivity contribution is 9.10. The van der Waals surface area contributed by atoms with Crippen LogP contribution in [-0.2, 0) is 17.1 Å². The lowest BCUT2D eigenvalue weighted by atomic mass is 10.6. The maximum Gasteiger partial charge on any atom is 0.263 e. The molecule has 16 heavy (non-hydrogen) atoms. The first-order chi connectivity index (χ1) is 7.45. The van der Waals surface area contributed by atoms with Crippen LogP contribution in [0.3, 0.4) is 0 Å². The second-order valence-electron chi connectivity index (χ2n) is 2.90. The maximum atomic E-state index is 12.1. The van der Waals surface area contributed by atoms with E-state index in [-0.39, 0.29) is 22.7 Å². The Morgan fingerprint density at radius 3 is 2.62 bits per heavy atom. The first-order valence-electron chi connectivity index (χ1n) is 4.37. The lowest BCUT2D eigenvalue weighted by Gasteiger charge is -2.16. The Labute approximate surface area is 102 Å². The molecule has 0 N–H and O–H groups in total. The second kappa shape index (κ2) is 4.90. The molecule has 0 radical (unpaired) electrons. The summed E-state index contributed by atoms with van der Waals surface area (Å²) in [4.78, 5) is 0. The van der Waals surface area contributed by atoms with E-state index in [1.807, 2.05) is 6.07 Å². The fourth-order valence-corrected chi connectivity index (χ4v) is 3.54. The van der Waals surface area contributed by atoms with E-state index in [2.05, 4.69) is 26.2 Å². The van der Waals surface area contributed by atoms with E-state index >= 15 is 0 Å². The number of aromatic nitrogens is 3. The Kier molecular flexibility index (Phi) is 4.01. The zero-order valence-corrected chi connectivity index (χ0v) is 11.2. The van der Waals surface area contributed by atoms with Gasteiger partial charge in [0.05, 0.1) is 6.07 Å². The summed E-state index contributed by atoms with van der Waals surface area (Å²) in [7, 11) is -2.25. The van der Waals surface area contributed by atoms with Gasteiger partial charge in [-0.05, 0) is 15.9 Å². The van der Waals surface area contributed by atoms with Gasteiger partial charge < -0.3 is 0 Å². The standard InChI is InChI=1S/C7H10BrN5O2S/c1-3-13(5-4-9)16(14,15)7-6(8)10-11-12(7)2/h3,5H2,1-2H3. The van der Waals surface area contributed by atoms with E-state index in [1.165, 1.54) is 7.05 Å². The number of aryl methyl sites for hydroxylation is 1. The number of sulfonamides is 1. The molecule has 0 fully saturated rings. The minimum atomic E-state index is -3.73. The Balaban J connectivity index is 3.26. The quantitative estimate of drug-likeness (QED) is 0.736. The predicted molar refractivity (Wildman–Crippen MR) is 58.7 cm³/mol. The maximum absolute atomic E-state index is 12.1. The van der Waals surface area contributed by atoms with Crippen LogP contribution in [0.2, 0.25) is 0 Å². The first kappa shape index (κ1) is 13.1. The summed E-state index contributed by atoms with van der Waals surface area (Å²) in [6, 6.07) is 1.81. The van der Waals surface area contributed by atoms with Gasteiger partial charge in [-0.25, -0.2) is 13.1 Å². The summed E-state index contributed by atoms with van der Waals surface area (Å²) in [5, 5.41) is 15.7. The predicted octanol–water partition coefficient (Wildman–Crippen LogP) is 0.112. The molecule has 1 aromatic rings. The number of rotatable bonds is 4. The molecular formula is C7H10BrN5O2S. The Bertz CT molecular complexity index is 498. The normalized spacial score (nSPS) is 11.7. The van der Waals surface area contributed by atoms with Gasteiger partial charge in [-0.15, -0.1) is 5.10 Å². The molecule has 0 bridgehead atoms. The molecule has 0 unspecified atom stereocenters. The van der Waals surface area contributed by atoms with Crippen molar-refractivity contribution >= 4 is 26.0 Å². The van der Waals surface area contributed by atoms with Gasteiger partial charge in [-0.2, -0.15) is 9.57 Å². The third-order valence-electron chi connectivity index (χ3n) is 1.92. The summed E-state index contributed by atoms with van der Waals surface area (Å²) >= 11 is 3.02. The molecule has 0 aliphatic rings. The molecule has 0 saturated heterocycles. The van der Waals surface area contributed by atoms with Crippen LogP contribution in [0.25, 0.3) is 0 Å². The molecule has 7 nitrogen and oxygen atoms in total. The number of hydrogen-bond donors (Lipinski definition) is 0. The van der Waals surface area contributed by atoms with Crippen molar-refractivity contribution < 1.29 is 8.42 Å². The highest BCUT2D eigenvalue weighted by Gasteiger charge is 2.29. The fourth-order valence-electron chi connectivity index (χ4n) is 1.16. The van der Waals surface area contributed by atoms with E-state index in [9.17, 15) is 8.42 Å². The van der Waals surface area contributed by atoms with E-state index in [4.69, 9.17) is 5.26 Å². The average Bonchev–Trinajstić information content (AvgIpc) is 2.55. The SMILES string of the molecule is CCN(CC#N)S(=O)(=O)c1c(Br)nnn1C. The van der Waals surface area contributed by atoms with Crippen LogP contribution in [0.4, 0.5) is 0 Å². The number of hydrogen-bond acceptors (Lipinski definition) is 5. The molecule has 1 heterocycles. The van der Waals surface area contributed by atoms with Crippen molar-refractivity contribution in [1.29, 1.82) is 5.26 Å². The van der Waals surface area contributed by atoms with Gasteiger partial charge in [0.25, 0.3) is 10.0 Å². The van der Waals surface area contributed by atoms with Crippen LogP contribution in [0.5, 0.6) is 0 Å². The molecule has 88 valence electrons. The molecule has 1 rings (SSSR count). The number of halogens is 1. The summed E-state index contributed by atoms with van der Waals surface area (Å²) in [5.41, 5.74) is 0. The zero-order valence-electron chi connectivity index (χ0n) is 8.75. The number of nitriles is 1. The third-order valence-corrected chi connectivity index (χ3v) is 4.73. The zero-order chi connectivity index (χ0) is 12.3. The Morgan fingerprint density at radius 1 is 1.62 bits per heavy atom. The lowest BCUT2D eigenvalue weighted by Crippen LogP contribution is -2.32. The Hall–Kier alpha value is -0.980. The molecule has 0 aromatic carbocycles. The third kappa shape index (κ3) is 2.23. The van der Waals surface area contributed by atoms with Crippen molar-refractivity contribution in [2.75, 3.05) is 13.1 Å². The largest absolute Gasteiger partial charge is 0.263 e. The fraction of sp³-hybridized carbons (Fsp3) is 0.571. The molecular weight excluding hydrogens is 298 g/mol. The number of nitrogens with zero attached hydrogens (tertiary/aromatic N) is 5. The van der Waals surface area contributed by atoms with Crippen molar-refractivity contribution in [2.45, 2.75) is 11.9 Å². The van der Waals surface area contributed by atoms with Gasteiger partial charge in [0.15, 0.2) is 4.60 Å². The van der Waals surface area contributed by atoms with Crippen LogP contribution in [0.15, 0.2) is 9.63 Å². The van der Waals surface area contributed by atoms with Crippen molar-refractivity contribution in [3.63, 3.8) is 0 Å². The van der Waals surface area contributed by atoms with Crippen molar-refractivity contribution in [1.82, 2.24) is 19.3 Å². The van der Waals surface area contributed by atoms with Crippen molar-refractivity contribution in [3.8, 4) is 6.07 Å². The van der Waals surface area contributed by atoms with Crippen LogP contribution < -0.4 is 0 Å². The molecule has 0 spiro atoms. The first-order valence-corrected chi connectivity index (χ1v) is 6.60. The average molecular weight is 308 g/mol. The van der Waals surface area contributed by atoms with Crippen LogP contribution in [0.1, 0.15) is 6.92 Å². The Morgan fingerprint density at radius 2 is 2.25 bits per heavy atom. The minimum Gasteiger partial charge on any atom is -0.235 e. The summed E-state index contributed by atoms with van der Waals surface area (Å²) in [5.74, 6) is 0. The highest BCUT2D eigenvalue weighted by Crippen LogP contribution is 2.21. The van der Waals surface area contributed by atoms with Crippen molar-refractivity contribution in [2.24, 2.45) is 7.05 Å². The van der Waals surface area contributed by atoms with Gasteiger partial charge in [0, 0.05) is 13.6 Å². The van der Waals surface area contributed by atoms with E-state index in [0.29, 0.717) is 0 Å². The van der Waals surface area contributed by atoms with Gasteiger partial charge in [0.1, 0.15) is 6.54 Å². The van der Waals surface area contributed by atoms with E-state index in [0.717, 1.165) is 8.99 Å². The molecule has 0 saturated carbocycles. The van der Waals surface area contributed by atoms with Crippen LogP contribution >= 0.6 is 15.9 Å². The monoisotopic (exact) mass is 307 g/mol. The van der Waals surface area contributed by atoms with E-state index < -0.39 is 10.0 Å². The van der Waals surface area contributed by atoms with Gasteiger partial charge in [-0.1, -0.05) is 12.1 Å². The highest BCUT2D eigenvalue weighted by atomic mass is 79.9. The molecule has 0 aliphatic heterocycles.